The summed E-state index contributed by atoms with van der Waals surface area (Å²) >= 11 is 0. The van der Waals surface area contributed by atoms with Gasteiger partial charge in [0.2, 0.25) is 5.82 Å². The molecule has 2 heterocycles. The van der Waals surface area contributed by atoms with Crippen LogP contribution in [0.3, 0.4) is 0 Å². The van der Waals surface area contributed by atoms with Crippen LogP contribution in [-0.2, 0) is 6.54 Å². The molecule has 3 rings (SSSR count). The number of hydrogen-bond acceptors (Lipinski definition) is 4. The third kappa shape index (κ3) is 1.18. The number of aromatic nitrogens is 4. The first-order chi connectivity index (χ1) is 7.34. The Labute approximate surface area is 84.9 Å². The third-order valence-electron chi connectivity index (χ3n) is 2.32. The van der Waals surface area contributed by atoms with Crippen LogP contribution in [0.25, 0.3) is 0 Å². The quantitative estimate of drug-likeness (QED) is 0.664. The van der Waals surface area contributed by atoms with Crippen LogP contribution >= 0.6 is 0 Å². The van der Waals surface area contributed by atoms with Crippen molar-refractivity contribution in [1.82, 2.24) is 20.2 Å². The Morgan fingerprint density at radius 1 is 1.33 bits per heavy atom. The highest BCUT2D eigenvalue weighted by molar-refractivity contribution is 6.02. The van der Waals surface area contributed by atoms with E-state index >= 15 is 0 Å². The van der Waals surface area contributed by atoms with Gasteiger partial charge in [-0.15, -0.1) is 5.10 Å². The summed E-state index contributed by atoms with van der Waals surface area (Å²) in [5.41, 5.74) is 1.80. The van der Waals surface area contributed by atoms with Crippen LogP contribution in [-0.4, -0.2) is 26.1 Å². The van der Waals surface area contributed by atoms with Gasteiger partial charge in [-0.25, -0.2) is 4.68 Å². The molecule has 0 aliphatic carbocycles. The van der Waals surface area contributed by atoms with Crippen LogP contribution in [0.5, 0.6) is 0 Å². The second kappa shape index (κ2) is 2.88. The van der Waals surface area contributed by atoms with E-state index in [0.717, 1.165) is 11.3 Å². The minimum Gasteiger partial charge on any atom is -0.319 e. The molecule has 0 saturated heterocycles. The molecule has 0 unspecified atom stereocenters. The Hall–Kier alpha value is -2.24. The predicted molar refractivity (Wildman–Crippen MR) is 51.3 cm³/mol. The average molecular weight is 201 g/mol. The SMILES string of the molecule is O=C1Nc2ccccc2Cn2nnnc21. The topological polar surface area (TPSA) is 72.7 Å². The minimum atomic E-state index is -0.273. The molecule has 2 aromatic rings. The number of carbonyl (C=O) groups is 1. The summed E-state index contributed by atoms with van der Waals surface area (Å²) in [4.78, 5) is 11.7. The van der Waals surface area contributed by atoms with Gasteiger partial charge in [-0.3, -0.25) is 4.79 Å². The number of nitrogens with one attached hydrogen (secondary N) is 1. The molecular weight excluding hydrogens is 194 g/mol. The zero-order valence-electron chi connectivity index (χ0n) is 7.71. The van der Waals surface area contributed by atoms with E-state index in [-0.39, 0.29) is 11.7 Å². The van der Waals surface area contributed by atoms with Crippen molar-refractivity contribution in [3.05, 3.63) is 35.7 Å². The highest BCUT2D eigenvalue weighted by Gasteiger charge is 2.21. The largest absolute Gasteiger partial charge is 0.319 e. The van der Waals surface area contributed by atoms with Crippen molar-refractivity contribution >= 4 is 11.6 Å². The fourth-order valence-electron chi connectivity index (χ4n) is 1.59. The second-order valence-corrected chi connectivity index (χ2v) is 3.27. The summed E-state index contributed by atoms with van der Waals surface area (Å²) in [7, 11) is 0. The van der Waals surface area contributed by atoms with Gasteiger partial charge >= 0.3 is 0 Å². The first-order valence-corrected chi connectivity index (χ1v) is 4.50. The van der Waals surface area contributed by atoms with Crippen LogP contribution in [0.1, 0.15) is 16.2 Å². The summed E-state index contributed by atoms with van der Waals surface area (Å²) in [5.74, 6) is -0.0313. The summed E-state index contributed by atoms with van der Waals surface area (Å²) < 4.78 is 1.49. The maximum atomic E-state index is 11.7. The monoisotopic (exact) mass is 201 g/mol. The fraction of sp³-hybridized carbons (Fsp3) is 0.111. The Kier molecular flexibility index (Phi) is 1.55. The fourth-order valence-corrected chi connectivity index (χ4v) is 1.59. The number of anilines is 1. The van der Waals surface area contributed by atoms with Crippen molar-refractivity contribution in [3.8, 4) is 0 Å². The average Bonchev–Trinajstić information content (AvgIpc) is 2.64. The van der Waals surface area contributed by atoms with Crippen molar-refractivity contribution in [2.75, 3.05) is 5.32 Å². The van der Waals surface area contributed by atoms with E-state index in [0.29, 0.717) is 6.54 Å². The normalized spacial score (nSPS) is 13.7. The number of nitrogens with zero attached hydrogens (tertiary/aromatic N) is 4. The molecule has 0 bridgehead atoms. The molecule has 0 fully saturated rings. The lowest BCUT2D eigenvalue weighted by molar-refractivity contribution is 0.101. The van der Waals surface area contributed by atoms with Gasteiger partial charge < -0.3 is 5.32 Å². The molecule has 1 N–H and O–H groups in total. The number of carbonyl (C=O) groups excluding carboxylic acids is 1. The van der Waals surface area contributed by atoms with Gasteiger partial charge in [-0.1, -0.05) is 18.2 Å². The zero-order chi connectivity index (χ0) is 10.3. The molecule has 15 heavy (non-hydrogen) atoms. The van der Waals surface area contributed by atoms with E-state index in [4.69, 9.17) is 0 Å². The van der Waals surface area contributed by atoms with Gasteiger partial charge in [0, 0.05) is 5.69 Å². The maximum absolute atomic E-state index is 11.7. The summed E-state index contributed by atoms with van der Waals surface area (Å²) in [6, 6.07) is 7.58. The summed E-state index contributed by atoms with van der Waals surface area (Å²) in [6.07, 6.45) is 0. The number of fused-ring (bicyclic) bond motifs is 2. The lowest BCUT2D eigenvalue weighted by Gasteiger charge is -2.03. The van der Waals surface area contributed by atoms with Crippen molar-refractivity contribution in [2.45, 2.75) is 6.54 Å². The smallest absolute Gasteiger partial charge is 0.295 e. The molecule has 6 nitrogen and oxygen atoms in total. The highest BCUT2D eigenvalue weighted by Crippen LogP contribution is 2.19. The number of benzene rings is 1. The highest BCUT2D eigenvalue weighted by atomic mass is 16.2. The molecule has 0 saturated carbocycles. The van der Waals surface area contributed by atoms with Gasteiger partial charge in [0.25, 0.3) is 5.91 Å². The number of amides is 1. The van der Waals surface area contributed by atoms with Crippen molar-refractivity contribution in [2.24, 2.45) is 0 Å². The van der Waals surface area contributed by atoms with Crippen LogP contribution in [0, 0.1) is 0 Å². The molecule has 6 heteroatoms. The van der Waals surface area contributed by atoms with E-state index in [1.54, 1.807) is 0 Å². The van der Waals surface area contributed by atoms with Crippen LogP contribution in [0.4, 0.5) is 5.69 Å². The number of hydrogen-bond donors (Lipinski definition) is 1. The van der Waals surface area contributed by atoms with Crippen molar-refractivity contribution in [1.29, 1.82) is 0 Å². The lowest BCUT2D eigenvalue weighted by atomic mass is 10.2. The molecule has 1 amide bonds. The predicted octanol–water partition coefficient (Wildman–Crippen LogP) is 0.287. The van der Waals surface area contributed by atoms with Gasteiger partial charge in [-0.2, -0.15) is 0 Å². The van der Waals surface area contributed by atoms with E-state index < -0.39 is 0 Å². The standard InChI is InChI=1S/C9H7N5O/c15-9-8-11-12-13-14(8)5-6-3-1-2-4-7(6)10-9/h1-4H,5H2,(H,10,15). The Bertz CT molecular complexity index is 533. The van der Waals surface area contributed by atoms with Crippen LogP contribution in [0.2, 0.25) is 0 Å². The lowest BCUT2D eigenvalue weighted by Crippen LogP contribution is -2.15. The summed E-state index contributed by atoms with van der Waals surface area (Å²) in [5, 5.41) is 13.7. The maximum Gasteiger partial charge on any atom is 0.295 e. The van der Waals surface area contributed by atoms with Gasteiger partial charge in [-0.05, 0) is 22.1 Å². The molecule has 1 aromatic heterocycles. The minimum absolute atomic E-state index is 0.242. The summed E-state index contributed by atoms with van der Waals surface area (Å²) in [6.45, 7) is 0.511. The molecule has 0 radical (unpaired) electrons. The molecule has 74 valence electrons. The molecule has 1 aliphatic heterocycles. The van der Waals surface area contributed by atoms with Crippen molar-refractivity contribution in [3.63, 3.8) is 0 Å². The Morgan fingerprint density at radius 3 is 3.13 bits per heavy atom. The second-order valence-electron chi connectivity index (χ2n) is 3.27. The van der Waals surface area contributed by atoms with E-state index in [1.807, 2.05) is 24.3 Å². The Morgan fingerprint density at radius 2 is 2.20 bits per heavy atom. The van der Waals surface area contributed by atoms with Gasteiger partial charge in [0.05, 0.1) is 6.54 Å². The van der Waals surface area contributed by atoms with E-state index in [1.165, 1.54) is 4.68 Å². The van der Waals surface area contributed by atoms with Crippen molar-refractivity contribution < 1.29 is 4.79 Å². The zero-order valence-corrected chi connectivity index (χ0v) is 7.71. The first-order valence-electron chi connectivity index (χ1n) is 4.50. The molecule has 1 aliphatic rings. The molecule has 0 atom stereocenters. The van der Waals surface area contributed by atoms with E-state index in [9.17, 15) is 4.79 Å². The van der Waals surface area contributed by atoms with Crippen LogP contribution < -0.4 is 5.32 Å². The van der Waals surface area contributed by atoms with Crippen LogP contribution in [0.15, 0.2) is 24.3 Å². The third-order valence-corrected chi connectivity index (χ3v) is 2.32. The van der Waals surface area contributed by atoms with Gasteiger partial charge in [0.15, 0.2) is 0 Å². The number of rotatable bonds is 0. The van der Waals surface area contributed by atoms with E-state index in [2.05, 4.69) is 20.8 Å². The molecular formula is C9H7N5O. The number of tetrazole rings is 1. The van der Waals surface area contributed by atoms with Gasteiger partial charge in [0.1, 0.15) is 0 Å². The molecule has 0 spiro atoms. The Balaban J connectivity index is 2.18. The molecule has 1 aromatic carbocycles. The first kappa shape index (κ1) is 8.10. The number of para-hydroxylation sites is 1.